The molecule has 1 saturated heterocycles. The maximum Gasteiger partial charge on any atom is 0.416 e. The quantitative estimate of drug-likeness (QED) is 0.265. The van der Waals surface area contributed by atoms with Crippen molar-refractivity contribution < 1.29 is 50.1 Å². The standard InChI is InChI=1S/C36H46F6N2O5/c1-10-44(31(46)49-32(3,4)5)34(8)14-12-28(47-9)27(19-34)26-11-13-33(6,7)18-23(26)20-43-21(2)29(48-30(43)45)22-15-24(35(37,38)39)17-25(16-22)36(40,41)42/h12,14-17,21,29H,10-11,13,18-20H2,1-9H3/t21-,29-,34?/m0/s1. The third-order valence-electron chi connectivity index (χ3n) is 9.42. The van der Waals surface area contributed by atoms with Crippen LogP contribution in [0.3, 0.4) is 0 Å². The third kappa shape index (κ3) is 8.40. The number of amides is 2. The number of carbonyl (C=O) groups excluding carboxylic acids is 2. The summed E-state index contributed by atoms with van der Waals surface area (Å²) in [6, 6.07) is 0.388. The minimum absolute atomic E-state index is 0.0465. The molecule has 1 fully saturated rings. The van der Waals surface area contributed by atoms with E-state index in [1.165, 1.54) is 4.90 Å². The van der Waals surface area contributed by atoms with Gasteiger partial charge in [0.25, 0.3) is 0 Å². The van der Waals surface area contributed by atoms with Gasteiger partial charge in [0, 0.05) is 19.5 Å². The molecule has 7 nitrogen and oxygen atoms in total. The lowest BCUT2D eigenvalue weighted by atomic mass is 9.70. The van der Waals surface area contributed by atoms with Crippen LogP contribution in [-0.2, 0) is 26.6 Å². The number of methoxy groups -OCH3 is 1. The summed E-state index contributed by atoms with van der Waals surface area (Å²) in [6.07, 6.45) is -6.64. The van der Waals surface area contributed by atoms with Crippen LogP contribution < -0.4 is 0 Å². The predicted octanol–water partition coefficient (Wildman–Crippen LogP) is 9.99. The van der Waals surface area contributed by atoms with Crippen LogP contribution >= 0.6 is 0 Å². The lowest BCUT2D eigenvalue weighted by molar-refractivity contribution is -0.143. The SMILES string of the molecule is CCN(C(=O)OC(C)(C)C)C1(C)C=CC(OC)=C(C2=C(CN3C(=O)O[C@H](c4cc(C(F)(F)F)cc(C(F)(F)F)c4)[C@@H]3C)CC(C)(C)CC2)C1. The number of hydrogen-bond donors (Lipinski definition) is 0. The Morgan fingerprint density at radius 2 is 1.59 bits per heavy atom. The number of nitrogens with zero attached hydrogens (tertiary/aromatic N) is 2. The van der Waals surface area contributed by atoms with Crippen LogP contribution in [0.5, 0.6) is 0 Å². The Hall–Kier alpha value is -3.64. The Balaban J connectivity index is 1.73. The highest BCUT2D eigenvalue weighted by Crippen LogP contribution is 2.47. The topological polar surface area (TPSA) is 68.3 Å². The molecule has 4 rings (SSSR count). The molecule has 0 bridgehead atoms. The van der Waals surface area contributed by atoms with Crippen LogP contribution in [0.15, 0.2) is 52.8 Å². The van der Waals surface area contributed by atoms with Crippen molar-refractivity contribution in [3.8, 4) is 0 Å². The van der Waals surface area contributed by atoms with E-state index in [0.717, 1.165) is 23.1 Å². The second-order valence-electron chi connectivity index (χ2n) is 15.1. The summed E-state index contributed by atoms with van der Waals surface area (Å²) in [5.74, 6) is 0.600. The Bertz CT molecular complexity index is 1520. The fourth-order valence-electron chi connectivity index (χ4n) is 6.94. The van der Waals surface area contributed by atoms with Gasteiger partial charge in [0.2, 0.25) is 0 Å². The van der Waals surface area contributed by atoms with Gasteiger partial charge in [-0.15, -0.1) is 0 Å². The summed E-state index contributed by atoms with van der Waals surface area (Å²) in [7, 11) is 1.55. The Kier molecular flexibility index (Phi) is 10.3. The minimum Gasteiger partial charge on any atom is -0.496 e. The molecule has 1 aromatic rings. The van der Waals surface area contributed by atoms with Gasteiger partial charge in [0.05, 0.1) is 29.8 Å². The number of halogens is 6. The Morgan fingerprint density at radius 1 is 1.00 bits per heavy atom. The fraction of sp³-hybridized carbons (Fsp3) is 0.611. The molecule has 1 aliphatic heterocycles. The van der Waals surface area contributed by atoms with Gasteiger partial charge in [-0.05, 0) is 113 Å². The van der Waals surface area contributed by atoms with Crippen molar-refractivity contribution in [1.29, 1.82) is 0 Å². The van der Waals surface area contributed by atoms with Crippen LogP contribution in [0.4, 0.5) is 35.9 Å². The summed E-state index contributed by atoms with van der Waals surface area (Å²) in [5, 5.41) is 0. The number of allylic oxidation sites excluding steroid dienone is 2. The largest absolute Gasteiger partial charge is 0.496 e. The van der Waals surface area contributed by atoms with E-state index in [-0.39, 0.29) is 23.6 Å². The van der Waals surface area contributed by atoms with E-state index in [1.54, 1.807) is 39.7 Å². The molecule has 0 spiro atoms. The van der Waals surface area contributed by atoms with Gasteiger partial charge in [-0.3, -0.25) is 9.80 Å². The van der Waals surface area contributed by atoms with Crippen molar-refractivity contribution in [2.24, 2.45) is 5.41 Å². The molecule has 49 heavy (non-hydrogen) atoms. The van der Waals surface area contributed by atoms with E-state index in [4.69, 9.17) is 14.2 Å². The van der Waals surface area contributed by atoms with E-state index in [9.17, 15) is 35.9 Å². The number of hydrogen-bond acceptors (Lipinski definition) is 5. The van der Waals surface area contributed by atoms with E-state index >= 15 is 0 Å². The monoisotopic (exact) mass is 700 g/mol. The van der Waals surface area contributed by atoms with Crippen LogP contribution in [0.1, 0.15) is 104 Å². The molecule has 1 heterocycles. The number of rotatable bonds is 7. The number of cyclic esters (lactones) is 1. The van der Waals surface area contributed by atoms with Crippen LogP contribution in [0.2, 0.25) is 0 Å². The molecule has 272 valence electrons. The van der Waals surface area contributed by atoms with Crippen LogP contribution in [0, 0.1) is 5.41 Å². The highest BCUT2D eigenvalue weighted by atomic mass is 19.4. The van der Waals surface area contributed by atoms with E-state index < -0.39 is 59.0 Å². The first-order chi connectivity index (χ1) is 22.4. The van der Waals surface area contributed by atoms with E-state index in [1.807, 2.05) is 26.0 Å². The number of likely N-dealkylation sites (N-methyl/N-ethyl adjacent to an activating group) is 1. The molecule has 0 N–H and O–H groups in total. The van der Waals surface area contributed by atoms with Crippen molar-refractivity contribution in [3.63, 3.8) is 0 Å². The molecule has 3 aliphatic rings. The lowest BCUT2D eigenvalue weighted by Crippen LogP contribution is -2.51. The molecular formula is C36H46F6N2O5. The Morgan fingerprint density at radius 3 is 2.10 bits per heavy atom. The zero-order valence-corrected chi connectivity index (χ0v) is 29.5. The molecule has 3 atom stereocenters. The second-order valence-corrected chi connectivity index (χ2v) is 15.1. The smallest absolute Gasteiger partial charge is 0.416 e. The maximum absolute atomic E-state index is 13.6. The molecule has 13 heteroatoms. The van der Waals surface area contributed by atoms with Crippen molar-refractivity contribution in [1.82, 2.24) is 9.80 Å². The zero-order valence-electron chi connectivity index (χ0n) is 29.5. The van der Waals surface area contributed by atoms with Gasteiger partial charge in [0.1, 0.15) is 17.5 Å². The number of ether oxygens (including phenoxy) is 3. The normalized spacial score (nSPS) is 24.7. The molecule has 0 saturated carbocycles. The molecule has 2 aliphatic carbocycles. The molecule has 0 radical (unpaired) electrons. The van der Waals surface area contributed by atoms with Gasteiger partial charge in [-0.1, -0.05) is 19.9 Å². The maximum atomic E-state index is 13.6. The zero-order chi connectivity index (χ0) is 36.9. The first kappa shape index (κ1) is 38.2. The first-order valence-corrected chi connectivity index (χ1v) is 16.3. The summed E-state index contributed by atoms with van der Waals surface area (Å²) in [5.41, 5.74) is -2.33. The van der Waals surface area contributed by atoms with Gasteiger partial charge in [-0.2, -0.15) is 26.3 Å². The number of carbonyl (C=O) groups is 2. The average molecular weight is 701 g/mol. The minimum atomic E-state index is -5.04. The summed E-state index contributed by atoms with van der Waals surface area (Å²) in [6.45, 7) is 15.3. The molecule has 0 aromatic heterocycles. The molecule has 1 aromatic carbocycles. The molecule has 2 amide bonds. The molecule has 1 unspecified atom stereocenters. The van der Waals surface area contributed by atoms with Crippen molar-refractivity contribution in [2.45, 2.75) is 117 Å². The van der Waals surface area contributed by atoms with Crippen LogP contribution in [0.25, 0.3) is 0 Å². The highest BCUT2D eigenvalue weighted by molar-refractivity contribution is 5.72. The van der Waals surface area contributed by atoms with Gasteiger partial charge in [0.15, 0.2) is 0 Å². The van der Waals surface area contributed by atoms with Crippen molar-refractivity contribution in [2.75, 3.05) is 20.2 Å². The van der Waals surface area contributed by atoms with Crippen molar-refractivity contribution >= 4 is 12.2 Å². The summed E-state index contributed by atoms with van der Waals surface area (Å²) >= 11 is 0. The highest BCUT2D eigenvalue weighted by Gasteiger charge is 2.45. The van der Waals surface area contributed by atoms with Gasteiger partial charge >= 0.3 is 24.5 Å². The predicted molar refractivity (Wildman–Crippen MR) is 171 cm³/mol. The Labute approximate surface area is 283 Å². The summed E-state index contributed by atoms with van der Waals surface area (Å²) < 4.78 is 98.9. The number of benzene rings is 1. The lowest BCUT2D eigenvalue weighted by Gasteiger charge is -2.43. The second kappa shape index (κ2) is 13.2. The summed E-state index contributed by atoms with van der Waals surface area (Å²) in [4.78, 5) is 29.6. The average Bonchev–Trinajstić information content (AvgIpc) is 3.23. The van der Waals surface area contributed by atoms with Gasteiger partial charge in [-0.25, -0.2) is 9.59 Å². The van der Waals surface area contributed by atoms with E-state index in [0.29, 0.717) is 43.7 Å². The van der Waals surface area contributed by atoms with Gasteiger partial charge < -0.3 is 14.2 Å². The first-order valence-electron chi connectivity index (χ1n) is 16.3. The fourth-order valence-corrected chi connectivity index (χ4v) is 6.94. The third-order valence-corrected chi connectivity index (χ3v) is 9.42. The van der Waals surface area contributed by atoms with E-state index in [2.05, 4.69) is 13.8 Å². The van der Waals surface area contributed by atoms with Crippen LogP contribution in [-0.4, -0.2) is 59.4 Å². The van der Waals surface area contributed by atoms with Crippen molar-refractivity contribution in [3.05, 3.63) is 69.5 Å². The number of alkyl halides is 6. The molecular weight excluding hydrogens is 654 g/mol.